The van der Waals surface area contributed by atoms with Crippen molar-refractivity contribution in [2.75, 3.05) is 19.7 Å². The second-order valence-electron chi connectivity index (χ2n) is 6.46. The lowest BCUT2D eigenvalue weighted by Crippen LogP contribution is -2.41. The minimum Gasteiger partial charge on any atom is -0.494 e. The molecule has 130 valence electrons. The number of thiazole rings is 1. The fourth-order valence-electron chi connectivity index (χ4n) is 3.19. The van der Waals surface area contributed by atoms with E-state index in [1.54, 1.807) is 11.3 Å². The van der Waals surface area contributed by atoms with E-state index in [2.05, 4.69) is 45.7 Å². The van der Waals surface area contributed by atoms with Gasteiger partial charge in [-0.25, -0.2) is 4.98 Å². The Bertz CT molecular complexity index is 622. The van der Waals surface area contributed by atoms with Crippen molar-refractivity contribution in [3.63, 3.8) is 0 Å². The summed E-state index contributed by atoms with van der Waals surface area (Å²) in [6, 6.07) is 7.07. The summed E-state index contributed by atoms with van der Waals surface area (Å²) >= 11 is 1.68. The predicted octanol–water partition coefficient (Wildman–Crippen LogP) is 3.60. The maximum Gasteiger partial charge on any atom is 0.124 e. The van der Waals surface area contributed by atoms with Crippen molar-refractivity contribution in [1.82, 2.24) is 15.2 Å². The number of aryl methyl sites for hydroxylation is 1. The molecule has 0 spiro atoms. The summed E-state index contributed by atoms with van der Waals surface area (Å²) in [6.07, 6.45) is 2.39. The van der Waals surface area contributed by atoms with Gasteiger partial charge in [0.05, 0.1) is 17.8 Å². The van der Waals surface area contributed by atoms with Crippen LogP contribution in [0.5, 0.6) is 5.75 Å². The van der Waals surface area contributed by atoms with Crippen LogP contribution in [0.3, 0.4) is 0 Å². The van der Waals surface area contributed by atoms with Crippen molar-refractivity contribution in [1.29, 1.82) is 0 Å². The number of nitrogens with one attached hydrogen (secondary N) is 1. The molecule has 1 N–H and O–H groups in total. The summed E-state index contributed by atoms with van der Waals surface area (Å²) in [6.45, 7) is 9.01. The second-order valence-corrected chi connectivity index (χ2v) is 7.17. The van der Waals surface area contributed by atoms with E-state index in [1.807, 2.05) is 12.4 Å². The molecule has 2 heterocycles. The van der Waals surface area contributed by atoms with Crippen LogP contribution >= 0.6 is 11.3 Å². The zero-order chi connectivity index (χ0) is 16.8. The SMILES string of the molecule is CCOc1cc(C)ccc1CNC1CCN(Cc2cscn2)CC1. The normalized spacial score (nSPS) is 16.4. The van der Waals surface area contributed by atoms with Crippen LogP contribution in [-0.2, 0) is 13.1 Å². The van der Waals surface area contributed by atoms with Gasteiger partial charge >= 0.3 is 0 Å². The number of hydrogen-bond acceptors (Lipinski definition) is 5. The minimum absolute atomic E-state index is 0.590. The number of rotatable bonds is 7. The van der Waals surface area contributed by atoms with Crippen molar-refractivity contribution in [2.45, 2.75) is 45.8 Å². The van der Waals surface area contributed by atoms with E-state index in [4.69, 9.17) is 4.74 Å². The third-order valence-corrected chi connectivity index (χ3v) is 5.20. The predicted molar refractivity (Wildman–Crippen MR) is 99.6 cm³/mol. The summed E-state index contributed by atoms with van der Waals surface area (Å²) in [5, 5.41) is 5.87. The number of benzene rings is 1. The van der Waals surface area contributed by atoms with Crippen LogP contribution in [0.1, 0.15) is 36.6 Å². The van der Waals surface area contributed by atoms with Gasteiger partial charge in [0, 0.05) is 43.2 Å². The largest absolute Gasteiger partial charge is 0.494 e. The first-order valence-corrected chi connectivity index (χ1v) is 9.74. The summed E-state index contributed by atoms with van der Waals surface area (Å²) in [5.41, 5.74) is 5.62. The zero-order valence-electron chi connectivity index (χ0n) is 14.6. The van der Waals surface area contributed by atoms with Gasteiger partial charge in [-0.15, -0.1) is 11.3 Å². The van der Waals surface area contributed by atoms with Gasteiger partial charge in [-0.3, -0.25) is 4.90 Å². The fraction of sp³-hybridized carbons (Fsp3) is 0.526. The number of piperidine rings is 1. The molecule has 3 rings (SSSR count). The lowest BCUT2D eigenvalue weighted by Gasteiger charge is -2.32. The van der Waals surface area contributed by atoms with E-state index < -0.39 is 0 Å². The molecule has 0 amide bonds. The first-order valence-electron chi connectivity index (χ1n) is 8.79. The third kappa shape index (κ3) is 4.79. The number of hydrogen-bond donors (Lipinski definition) is 1. The molecule has 1 aliphatic rings. The Hall–Kier alpha value is -1.43. The third-order valence-electron chi connectivity index (χ3n) is 4.56. The average Bonchev–Trinajstić information content (AvgIpc) is 3.09. The molecule has 1 saturated heterocycles. The molecule has 5 heteroatoms. The zero-order valence-corrected chi connectivity index (χ0v) is 15.4. The highest BCUT2D eigenvalue weighted by Gasteiger charge is 2.19. The number of ether oxygens (including phenoxy) is 1. The number of aromatic nitrogens is 1. The van der Waals surface area contributed by atoms with Crippen LogP contribution in [-0.4, -0.2) is 35.6 Å². The topological polar surface area (TPSA) is 37.4 Å². The molecule has 0 aliphatic carbocycles. The molecule has 1 aromatic carbocycles. The van der Waals surface area contributed by atoms with Crippen LogP contribution in [0.2, 0.25) is 0 Å². The molecular weight excluding hydrogens is 318 g/mol. The molecule has 4 nitrogen and oxygen atoms in total. The van der Waals surface area contributed by atoms with Crippen molar-refractivity contribution in [3.05, 3.63) is 45.9 Å². The summed E-state index contributed by atoms with van der Waals surface area (Å²) in [5.74, 6) is 1.02. The van der Waals surface area contributed by atoms with Gasteiger partial charge < -0.3 is 10.1 Å². The Labute approximate surface area is 148 Å². The highest BCUT2D eigenvalue weighted by Crippen LogP contribution is 2.21. The Morgan fingerprint density at radius 3 is 2.88 bits per heavy atom. The summed E-state index contributed by atoms with van der Waals surface area (Å²) < 4.78 is 5.78. The van der Waals surface area contributed by atoms with Crippen LogP contribution in [0.15, 0.2) is 29.1 Å². The van der Waals surface area contributed by atoms with Crippen molar-refractivity contribution in [3.8, 4) is 5.75 Å². The quantitative estimate of drug-likeness (QED) is 0.832. The van der Waals surface area contributed by atoms with Crippen LogP contribution in [0.4, 0.5) is 0 Å². The van der Waals surface area contributed by atoms with Crippen molar-refractivity contribution >= 4 is 11.3 Å². The average molecular weight is 346 g/mol. The lowest BCUT2D eigenvalue weighted by molar-refractivity contribution is 0.188. The highest BCUT2D eigenvalue weighted by atomic mass is 32.1. The van der Waals surface area contributed by atoms with Gasteiger partial charge in [0.15, 0.2) is 0 Å². The van der Waals surface area contributed by atoms with Gasteiger partial charge in [0.25, 0.3) is 0 Å². The van der Waals surface area contributed by atoms with Gasteiger partial charge in [0.1, 0.15) is 5.75 Å². The van der Waals surface area contributed by atoms with Crippen LogP contribution in [0, 0.1) is 6.92 Å². The molecule has 24 heavy (non-hydrogen) atoms. The van der Waals surface area contributed by atoms with E-state index >= 15 is 0 Å². The maximum absolute atomic E-state index is 5.78. The van der Waals surface area contributed by atoms with Gasteiger partial charge in [0.2, 0.25) is 0 Å². The first-order chi connectivity index (χ1) is 11.7. The molecule has 0 atom stereocenters. The molecule has 2 aromatic rings. The Morgan fingerprint density at radius 2 is 2.17 bits per heavy atom. The lowest BCUT2D eigenvalue weighted by atomic mass is 10.0. The fourth-order valence-corrected chi connectivity index (χ4v) is 3.74. The Kier molecular flexibility index (Phi) is 6.24. The summed E-state index contributed by atoms with van der Waals surface area (Å²) in [7, 11) is 0. The minimum atomic E-state index is 0.590. The Balaban J connectivity index is 1.46. The smallest absolute Gasteiger partial charge is 0.124 e. The van der Waals surface area contributed by atoms with Gasteiger partial charge in [-0.05, 0) is 38.3 Å². The van der Waals surface area contributed by atoms with E-state index in [1.165, 1.54) is 29.7 Å². The molecular formula is C19H27N3OS. The highest BCUT2D eigenvalue weighted by molar-refractivity contribution is 7.07. The molecule has 0 unspecified atom stereocenters. The molecule has 0 radical (unpaired) electrons. The van der Waals surface area contributed by atoms with Crippen LogP contribution < -0.4 is 10.1 Å². The van der Waals surface area contributed by atoms with Gasteiger partial charge in [-0.2, -0.15) is 0 Å². The van der Waals surface area contributed by atoms with E-state index in [0.717, 1.165) is 31.9 Å². The molecule has 1 aromatic heterocycles. The van der Waals surface area contributed by atoms with Crippen molar-refractivity contribution < 1.29 is 4.74 Å². The first kappa shape index (κ1) is 17.4. The molecule has 0 bridgehead atoms. The van der Waals surface area contributed by atoms with E-state index in [0.29, 0.717) is 12.6 Å². The monoisotopic (exact) mass is 345 g/mol. The molecule has 1 fully saturated rings. The van der Waals surface area contributed by atoms with Gasteiger partial charge in [-0.1, -0.05) is 12.1 Å². The van der Waals surface area contributed by atoms with Crippen LogP contribution in [0.25, 0.3) is 0 Å². The summed E-state index contributed by atoms with van der Waals surface area (Å²) in [4.78, 5) is 6.89. The van der Waals surface area contributed by atoms with E-state index in [-0.39, 0.29) is 0 Å². The molecule has 0 saturated carbocycles. The standard InChI is InChI=1S/C19H27N3OS/c1-3-23-19-10-15(2)4-5-16(19)11-20-17-6-8-22(9-7-17)12-18-13-24-14-21-18/h4-5,10,13-14,17,20H,3,6-9,11-12H2,1-2H3. The Morgan fingerprint density at radius 1 is 1.33 bits per heavy atom. The number of nitrogens with zero attached hydrogens (tertiary/aromatic N) is 2. The van der Waals surface area contributed by atoms with Crippen molar-refractivity contribution in [2.24, 2.45) is 0 Å². The second kappa shape index (κ2) is 8.60. The number of likely N-dealkylation sites (tertiary alicyclic amines) is 1. The van der Waals surface area contributed by atoms with E-state index in [9.17, 15) is 0 Å². The molecule has 1 aliphatic heterocycles. The maximum atomic E-state index is 5.78.